The Bertz CT molecular complexity index is 980. The van der Waals surface area contributed by atoms with Gasteiger partial charge in [0.1, 0.15) is 5.75 Å². The van der Waals surface area contributed by atoms with E-state index in [-0.39, 0.29) is 23.5 Å². The molecule has 1 aliphatic carbocycles. The number of fused-ring (bicyclic) bond motifs is 1. The molecule has 1 saturated heterocycles. The van der Waals surface area contributed by atoms with Gasteiger partial charge in [0.2, 0.25) is 0 Å². The maximum atomic E-state index is 12.9. The molecular formula is C20H25N3O4S. The van der Waals surface area contributed by atoms with E-state index in [0.717, 1.165) is 42.7 Å². The van der Waals surface area contributed by atoms with E-state index in [9.17, 15) is 13.2 Å². The number of aromatic nitrogens is 2. The predicted octanol–water partition coefficient (Wildman–Crippen LogP) is 2.77. The molecule has 8 heteroatoms. The quantitative estimate of drug-likeness (QED) is 0.829. The number of hydrogen-bond acceptors (Lipinski definition) is 5. The van der Waals surface area contributed by atoms with E-state index in [1.807, 2.05) is 23.7 Å². The number of hydrogen-bond donors (Lipinski definition) is 1. The summed E-state index contributed by atoms with van der Waals surface area (Å²) in [5.41, 5.74) is 3.10. The van der Waals surface area contributed by atoms with Gasteiger partial charge in [-0.05, 0) is 63.3 Å². The molecule has 1 N–H and O–H groups in total. The number of ether oxygens (including phenoxy) is 1. The molecule has 1 fully saturated rings. The highest BCUT2D eigenvalue weighted by Crippen LogP contribution is 2.31. The van der Waals surface area contributed by atoms with Gasteiger partial charge in [-0.25, -0.2) is 8.42 Å². The smallest absolute Gasteiger partial charge is 0.276 e. The van der Waals surface area contributed by atoms with Gasteiger partial charge in [0.15, 0.2) is 15.5 Å². The van der Waals surface area contributed by atoms with Crippen LogP contribution in [0, 0.1) is 0 Å². The highest BCUT2D eigenvalue weighted by molar-refractivity contribution is 7.91. The van der Waals surface area contributed by atoms with Crippen LogP contribution in [0.2, 0.25) is 0 Å². The predicted molar refractivity (Wildman–Crippen MR) is 107 cm³/mol. The molecule has 1 unspecified atom stereocenters. The summed E-state index contributed by atoms with van der Waals surface area (Å²) < 4.78 is 31.1. The van der Waals surface area contributed by atoms with E-state index in [4.69, 9.17) is 4.74 Å². The number of nitrogens with zero attached hydrogens (tertiary/aromatic N) is 2. The van der Waals surface area contributed by atoms with Crippen molar-refractivity contribution in [3.05, 3.63) is 41.2 Å². The number of rotatable bonds is 5. The van der Waals surface area contributed by atoms with Crippen LogP contribution in [0.25, 0.3) is 0 Å². The van der Waals surface area contributed by atoms with E-state index >= 15 is 0 Å². The summed E-state index contributed by atoms with van der Waals surface area (Å²) >= 11 is 0. The summed E-state index contributed by atoms with van der Waals surface area (Å²) in [4.78, 5) is 12.9. The SMILES string of the molecule is CCOc1ccc(NC(=O)c2nn(C3CCS(=O)(=O)C3)c3c2CCCC3)cc1. The van der Waals surface area contributed by atoms with Crippen LogP contribution in [0.5, 0.6) is 5.75 Å². The Balaban J connectivity index is 1.59. The molecule has 150 valence electrons. The summed E-state index contributed by atoms with van der Waals surface area (Å²) in [6.45, 7) is 2.51. The van der Waals surface area contributed by atoms with Gasteiger partial charge in [-0.15, -0.1) is 0 Å². The molecule has 7 nitrogen and oxygen atoms in total. The number of carbonyl (C=O) groups excluding carboxylic acids is 1. The first-order valence-electron chi connectivity index (χ1n) is 9.82. The molecule has 28 heavy (non-hydrogen) atoms. The van der Waals surface area contributed by atoms with Gasteiger partial charge in [-0.3, -0.25) is 9.48 Å². The molecule has 2 aromatic rings. The minimum Gasteiger partial charge on any atom is -0.494 e. The van der Waals surface area contributed by atoms with Crippen LogP contribution >= 0.6 is 0 Å². The van der Waals surface area contributed by atoms with Gasteiger partial charge in [-0.1, -0.05) is 0 Å². The highest BCUT2D eigenvalue weighted by Gasteiger charge is 2.34. The second-order valence-electron chi connectivity index (χ2n) is 7.39. The standard InChI is InChI=1S/C20H25N3O4S/c1-2-27-16-9-7-14(8-10-16)21-20(24)19-17-5-3-4-6-18(17)23(22-19)15-11-12-28(25,26)13-15/h7-10,15H,2-6,11-13H2,1H3,(H,21,24). The lowest BCUT2D eigenvalue weighted by molar-refractivity contribution is 0.102. The first kappa shape index (κ1) is 19.0. The number of sulfone groups is 1. The Hall–Kier alpha value is -2.35. The van der Waals surface area contributed by atoms with E-state index in [1.54, 1.807) is 12.1 Å². The summed E-state index contributed by atoms with van der Waals surface area (Å²) in [5, 5.41) is 7.51. The zero-order valence-electron chi connectivity index (χ0n) is 16.0. The minimum absolute atomic E-state index is 0.112. The molecule has 1 aromatic carbocycles. The van der Waals surface area contributed by atoms with Crippen molar-refractivity contribution in [3.63, 3.8) is 0 Å². The Labute approximate surface area is 165 Å². The van der Waals surface area contributed by atoms with Crippen molar-refractivity contribution < 1.29 is 17.9 Å². The number of carbonyl (C=O) groups is 1. The summed E-state index contributed by atoms with van der Waals surface area (Å²) in [7, 11) is -3.01. The average molecular weight is 404 g/mol. The Morgan fingerprint density at radius 3 is 2.68 bits per heavy atom. The number of benzene rings is 1. The van der Waals surface area contributed by atoms with Crippen molar-refractivity contribution in [2.75, 3.05) is 23.4 Å². The fourth-order valence-corrected chi connectivity index (χ4v) is 5.76. The molecule has 1 atom stereocenters. The summed E-state index contributed by atoms with van der Waals surface area (Å²) in [6.07, 6.45) is 4.27. The first-order chi connectivity index (χ1) is 13.5. The molecule has 1 amide bonds. The molecule has 0 radical (unpaired) electrons. The van der Waals surface area contributed by atoms with E-state index in [2.05, 4.69) is 10.4 Å². The maximum Gasteiger partial charge on any atom is 0.276 e. The monoisotopic (exact) mass is 403 g/mol. The van der Waals surface area contributed by atoms with Crippen molar-refractivity contribution in [1.29, 1.82) is 0 Å². The zero-order chi connectivity index (χ0) is 19.7. The lowest BCUT2D eigenvalue weighted by atomic mass is 9.95. The van der Waals surface area contributed by atoms with Gasteiger partial charge in [0.05, 0.1) is 24.2 Å². The fourth-order valence-electron chi connectivity index (χ4n) is 4.07. The minimum atomic E-state index is -3.01. The second kappa shape index (κ2) is 7.58. The van der Waals surface area contributed by atoms with Gasteiger partial charge in [-0.2, -0.15) is 5.10 Å². The van der Waals surface area contributed by atoms with E-state index in [1.165, 1.54) is 0 Å². The van der Waals surface area contributed by atoms with Crippen molar-refractivity contribution >= 4 is 21.4 Å². The largest absolute Gasteiger partial charge is 0.494 e. The zero-order valence-corrected chi connectivity index (χ0v) is 16.8. The molecule has 1 aliphatic heterocycles. The third-order valence-electron chi connectivity index (χ3n) is 5.40. The third-order valence-corrected chi connectivity index (χ3v) is 7.15. The van der Waals surface area contributed by atoms with E-state index in [0.29, 0.717) is 24.4 Å². The molecule has 2 heterocycles. The highest BCUT2D eigenvalue weighted by atomic mass is 32.2. The molecule has 4 rings (SSSR count). The van der Waals surface area contributed by atoms with Crippen molar-refractivity contribution in [2.24, 2.45) is 0 Å². The Morgan fingerprint density at radius 1 is 1.25 bits per heavy atom. The topological polar surface area (TPSA) is 90.3 Å². The molecular weight excluding hydrogens is 378 g/mol. The molecule has 1 aromatic heterocycles. The number of anilines is 1. The lowest BCUT2D eigenvalue weighted by Crippen LogP contribution is -2.17. The summed E-state index contributed by atoms with van der Waals surface area (Å²) in [6, 6.07) is 7.07. The van der Waals surface area contributed by atoms with Gasteiger partial charge >= 0.3 is 0 Å². The Morgan fingerprint density at radius 2 is 2.00 bits per heavy atom. The maximum absolute atomic E-state index is 12.9. The number of amides is 1. The molecule has 2 aliphatic rings. The van der Waals surface area contributed by atoms with Gasteiger partial charge in [0, 0.05) is 16.9 Å². The third kappa shape index (κ3) is 3.78. The van der Waals surface area contributed by atoms with Crippen LogP contribution in [-0.2, 0) is 22.7 Å². The summed E-state index contributed by atoms with van der Waals surface area (Å²) in [5.74, 6) is 0.813. The number of nitrogens with one attached hydrogen (secondary N) is 1. The van der Waals surface area contributed by atoms with Crippen molar-refractivity contribution in [2.45, 2.75) is 45.1 Å². The van der Waals surface area contributed by atoms with Crippen LogP contribution in [0.4, 0.5) is 5.69 Å². The van der Waals surface area contributed by atoms with Gasteiger partial charge in [0.25, 0.3) is 5.91 Å². The average Bonchev–Trinajstić information content (AvgIpc) is 3.23. The molecule has 0 saturated carbocycles. The lowest BCUT2D eigenvalue weighted by Gasteiger charge is -2.17. The fraction of sp³-hybridized carbons (Fsp3) is 0.500. The van der Waals surface area contributed by atoms with Crippen LogP contribution in [-0.4, -0.2) is 42.2 Å². The van der Waals surface area contributed by atoms with Crippen molar-refractivity contribution in [3.8, 4) is 5.75 Å². The van der Waals surface area contributed by atoms with Crippen molar-refractivity contribution in [1.82, 2.24) is 9.78 Å². The first-order valence-corrected chi connectivity index (χ1v) is 11.6. The molecule has 0 spiro atoms. The van der Waals surface area contributed by atoms with Gasteiger partial charge < -0.3 is 10.1 Å². The second-order valence-corrected chi connectivity index (χ2v) is 9.62. The van der Waals surface area contributed by atoms with Crippen LogP contribution < -0.4 is 10.1 Å². The van der Waals surface area contributed by atoms with Crippen LogP contribution in [0.3, 0.4) is 0 Å². The normalized spacial score (nSPS) is 20.5. The van der Waals surface area contributed by atoms with Crippen LogP contribution in [0.1, 0.15) is 54.0 Å². The van der Waals surface area contributed by atoms with E-state index < -0.39 is 9.84 Å². The Kier molecular flexibility index (Phi) is 5.14. The van der Waals surface area contributed by atoms with Crippen LogP contribution in [0.15, 0.2) is 24.3 Å². The molecule has 0 bridgehead atoms.